The van der Waals surface area contributed by atoms with Crippen LogP contribution >= 0.6 is 35.3 Å². The highest BCUT2D eigenvalue weighted by molar-refractivity contribution is 14.0. The number of esters is 1. The van der Waals surface area contributed by atoms with Gasteiger partial charge in [-0.15, -0.1) is 35.3 Å². The zero-order valence-electron chi connectivity index (χ0n) is 18.3. The fraction of sp³-hybridized carbons (Fsp3) is 0.476. The number of halogens is 1. The van der Waals surface area contributed by atoms with Gasteiger partial charge in [0.2, 0.25) is 0 Å². The van der Waals surface area contributed by atoms with Gasteiger partial charge in [-0.05, 0) is 58.2 Å². The number of benzene rings is 1. The fourth-order valence-electron chi connectivity index (χ4n) is 2.88. The summed E-state index contributed by atoms with van der Waals surface area (Å²) < 4.78 is 5.09. The maximum atomic E-state index is 12.0. The SMILES string of the molecule is CCNC(=NCc1cc(C)c(O)c(C)c1)NC(C)c1nc(C)c(C(=O)OCC)s1.I. The number of nitrogens with zero attached hydrogens (tertiary/aromatic N) is 2. The number of aromatic nitrogens is 1. The molecule has 0 bridgehead atoms. The highest BCUT2D eigenvalue weighted by Crippen LogP contribution is 2.25. The van der Waals surface area contributed by atoms with E-state index in [4.69, 9.17) is 4.74 Å². The Morgan fingerprint density at radius 2 is 1.90 bits per heavy atom. The molecular weight excluding hydrogens is 515 g/mol. The van der Waals surface area contributed by atoms with Gasteiger partial charge in [-0.3, -0.25) is 0 Å². The first-order chi connectivity index (χ1) is 13.8. The quantitative estimate of drug-likeness (QED) is 0.207. The van der Waals surface area contributed by atoms with E-state index in [0.29, 0.717) is 35.4 Å². The summed E-state index contributed by atoms with van der Waals surface area (Å²) in [6.45, 7) is 12.9. The molecule has 0 fully saturated rings. The van der Waals surface area contributed by atoms with Crippen molar-refractivity contribution in [1.82, 2.24) is 15.6 Å². The normalized spacial score (nSPS) is 12.1. The summed E-state index contributed by atoms with van der Waals surface area (Å²) in [5.74, 6) is 0.654. The number of guanidine groups is 1. The summed E-state index contributed by atoms with van der Waals surface area (Å²) in [6.07, 6.45) is 0. The molecule has 1 aromatic heterocycles. The third-order valence-corrected chi connectivity index (χ3v) is 5.63. The van der Waals surface area contributed by atoms with E-state index in [1.807, 2.05) is 46.8 Å². The number of ether oxygens (including phenoxy) is 1. The Morgan fingerprint density at radius 3 is 2.47 bits per heavy atom. The second-order valence-corrected chi connectivity index (χ2v) is 7.86. The van der Waals surface area contributed by atoms with E-state index in [1.54, 1.807) is 6.92 Å². The molecule has 0 saturated carbocycles. The number of rotatable bonds is 7. The van der Waals surface area contributed by atoms with Crippen LogP contribution in [0.15, 0.2) is 17.1 Å². The van der Waals surface area contributed by atoms with Crippen molar-refractivity contribution in [1.29, 1.82) is 0 Å². The predicted molar refractivity (Wildman–Crippen MR) is 132 cm³/mol. The first-order valence-corrected chi connectivity index (χ1v) is 10.6. The lowest BCUT2D eigenvalue weighted by atomic mass is 10.1. The third kappa shape index (κ3) is 6.83. The minimum atomic E-state index is -0.334. The van der Waals surface area contributed by atoms with E-state index in [-0.39, 0.29) is 36.0 Å². The number of hydrogen-bond acceptors (Lipinski definition) is 6. The van der Waals surface area contributed by atoms with Crippen molar-refractivity contribution in [2.24, 2.45) is 4.99 Å². The van der Waals surface area contributed by atoms with Crippen LogP contribution in [0.3, 0.4) is 0 Å². The van der Waals surface area contributed by atoms with Crippen LogP contribution in [-0.4, -0.2) is 35.2 Å². The number of nitrogens with one attached hydrogen (secondary N) is 2. The summed E-state index contributed by atoms with van der Waals surface area (Å²) in [4.78, 5) is 21.7. The smallest absolute Gasteiger partial charge is 0.350 e. The molecule has 0 spiro atoms. The molecule has 0 radical (unpaired) electrons. The Morgan fingerprint density at radius 1 is 1.27 bits per heavy atom. The molecule has 9 heteroatoms. The molecule has 0 aliphatic heterocycles. The summed E-state index contributed by atoms with van der Waals surface area (Å²) >= 11 is 1.34. The lowest BCUT2D eigenvalue weighted by molar-refractivity contribution is 0.0531. The van der Waals surface area contributed by atoms with Crippen molar-refractivity contribution in [2.75, 3.05) is 13.2 Å². The molecule has 3 N–H and O–H groups in total. The van der Waals surface area contributed by atoms with Crippen LogP contribution in [-0.2, 0) is 11.3 Å². The van der Waals surface area contributed by atoms with Gasteiger partial charge in [-0.25, -0.2) is 14.8 Å². The van der Waals surface area contributed by atoms with Gasteiger partial charge in [0.15, 0.2) is 5.96 Å². The minimum absolute atomic E-state index is 0. The molecule has 2 aromatic rings. The van der Waals surface area contributed by atoms with Crippen LogP contribution in [0.2, 0.25) is 0 Å². The number of thiazole rings is 1. The molecule has 2 rings (SSSR count). The van der Waals surface area contributed by atoms with E-state index < -0.39 is 0 Å². The van der Waals surface area contributed by atoms with Crippen molar-refractivity contribution in [2.45, 2.75) is 54.1 Å². The fourth-order valence-corrected chi connectivity index (χ4v) is 3.85. The summed E-state index contributed by atoms with van der Waals surface area (Å²) in [5, 5.41) is 17.3. The van der Waals surface area contributed by atoms with Crippen LogP contribution in [0.1, 0.15) is 63.9 Å². The van der Waals surface area contributed by atoms with Crippen LogP contribution in [0.5, 0.6) is 5.75 Å². The maximum Gasteiger partial charge on any atom is 0.350 e. The molecule has 1 aromatic carbocycles. The molecule has 30 heavy (non-hydrogen) atoms. The lowest BCUT2D eigenvalue weighted by Gasteiger charge is -2.16. The number of aliphatic imine (C=N–C) groups is 1. The second-order valence-electron chi connectivity index (χ2n) is 6.83. The van der Waals surface area contributed by atoms with Gasteiger partial charge in [-0.1, -0.05) is 12.1 Å². The average Bonchev–Trinajstić information content (AvgIpc) is 3.06. The van der Waals surface area contributed by atoms with E-state index >= 15 is 0 Å². The van der Waals surface area contributed by atoms with Gasteiger partial charge in [0.05, 0.1) is 24.9 Å². The Kier molecular flexibility index (Phi) is 10.5. The van der Waals surface area contributed by atoms with E-state index in [1.165, 1.54) is 11.3 Å². The van der Waals surface area contributed by atoms with Crippen molar-refractivity contribution in [3.05, 3.63) is 44.4 Å². The minimum Gasteiger partial charge on any atom is -0.507 e. The Bertz CT molecular complexity index is 875. The van der Waals surface area contributed by atoms with Gasteiger partial charge in [0.25, 0.3) is 0 Å². The topological polar surface area (TPSA) is 95.8 Å². The molecule has 7 nitrogen and oxygen atoms in total. The molecule has 1 unspecified atom stereocenters. The Labute approximate surface area is 199 Å². The van der Waals surface area contributed by atoms with Crippen molar-refractivity contribution in [3.63, 3.8) is 0 Å². The number of hydrogen-bond donors (Lipinski definition) is 3. The van der Waals surface area contributed by atoms with Gasteiger partial charge < -0.3 is 20.5 Å². The largest absolute Gasteiger partial charge is 0.507 e. The lowest BCUT2D eigenvalue weighted by Crippen LogP contribution is -2.38. The van der Waals surface area contributed by atoms with Gasteiger partial charge >= 0.3 is 5.97 Å². The highest BCUT2D eigenvalue weighted by Gasteiger charge is 2.20. The molecule has 1 heterocycles. The summed E-state index contributed by atoms with van der Waals surface area (Å²) in [6, 6.07) is 3.76. The van der Waals surface area contributed by atoms with Crippen molar-refractivity contribution in [3.8, 4) is 5.75 Å². The number of aryl methyl sites for hydroxylation is 3. The van der Waals surface area contributed by atoms with Gasteiger partial charge in [0.1, 0.15) is 15.6 Å². The van der Waals surface area contributed by atoms with E-state index in [0.717, 1.165) is 28.2 Å². The highest BCUT2D eigenvalue weighted by atomic mass is 127. The van der Waals surface area contributed by atoms with Gasteiger partial charge in [-0.2, -0.15) is 0 Å². The van der Waals surface area contributed by atoms with Crippen LogP contribution in [0.4, 0.5) is 0 Å². The third-order valence-electron chi connectivity index (χ3n) is 4.31. The summed E-state index contributed by atoms with van der Waals surface area (Å²) in [5.41, 5.74) is 3.38. The second kappa shape index (κ2) is 12.1. The molecule has 1 atom stereocenters. The molecular formula is C21H31IN4O3S. The van der Waals surface area contributed by atoms with Crippen LogP contribution in [0.25, 0.3) is 0 Å². The zero-order valence-corrected chi connectivity index (χ0v) is 21.5. The zero-order chi connectivity index (χ0) is 21.6. The first-order valence-electron chi connectivity index (χ1n) is 9.75. The van der Waals surface area contributed by atoms with E-state index in [2.05, 4.69) is 20.6 Å². The Balaban J connectivity index is 0.00000450. The van der Waals surface area contributed by atoms with Crippen molar-refractivity contribution < 1.29 is 14.6 Å². The maximum absolute atomic E-state index is 12.0. The van der Waals surface area contributed by atoms with E-state index in [9.17, 15) is 9.90 Å². The monoisotopic (exact) mass is 546 g/mol. The molecule has 0 saturated heterocycles. The molecule has 0 aliphatic carbocycles. The van der Waals surface area contributed by atoms with Gasteiger partial charge in [0, 0.05) is 6.54 Å². The number of carbonyl (C=O) groups is 1. The first kappa shape index (κ1) is 26.2. The predicted octanol–water partition coefficient (Wildman–Crippen LogP) is 4.38. The number of carbonyl (C=O) groups excluding carboxylic acids is 1. The average molecular weight is 546 g/mol. The Hall–Kier alpha value is -1.88. The van der Waals surface area contributed by atoms with Crippen molar-refractivity contribution >= 4 is 47.2 Å². The van der Waals surface area contributed by atoms with Crippen LogP contribution < -0.4 is 10.6 Å². The standard InChI is InChI=1S/C21H30N4O3S.HI/c1-7-22-21(23-11-16-9-12(3)17(26)13(4)10-16)25-15(6)19-24-14(5)18(29-19)20(27)28-8-2;/h9-10,15,26H,7-8,11H2,1-6H3,(H2,22,23,25);1H. The molecule has 0 aliphatic rings. The summed E-state index contributed by atoms with van der Waals surface area (Å²) in [7, 11) is 0. The molecule has 166 valence electrons. The number of aromatic hydroxyl groups is 1. The molecule has 0 amide bonds. The number of phenols is 1. The number of phenolic OH excluding ortho intramolecular Hbond substituents is 1. The van der Waals surface area contributed by atoms with Crippen LogP contribution in [0, 0.1) is 20.8 Å².